The first kappa shape index (κ1) is 18.3. The molecule has 0 aliphatic carbocycles. The Morgan fingerprint density at radius 3 is 2.15 bits per heavy atom. The van der Waals surface area contributed by atoms with Gasteiger partial charge >= 0.3 is 0 Å². The average molecular weight is 316 g/mol. The topological polar surface area (TPSA) is 80.0 Å². The Kier molecular flexibility index (Phi) is 7.72. The Balaban J connectivity index is 0.00000180. The fourth-order valence-corrected chi connectivity index (χ4v) is 1.63. The summed E-state index contributed by atoms with van der Waals surface area (Å²) in [5.41, 5.74) is 13.5. The molecule has 0 amide bonds. The van der Waals surface area contributed by atoms with Gasteiger partial charge in [-0.15, -0.1) is 24.8 Å². The highest BCUT2D eigenvalue weighted by Crippen LogP contribution is 2.12. The van der Waals surface area contributed by atoms with Crippen molar-refractivity contribution in [3.05, 3.63) is 42.0 Å². The van der Waals surface area contributed by atoms with Gasteiger partial charge in [0, 0.05) is 13.1 Å². The number of aryl methyl sites for hydroxylation is 1. The molecule has 1 aromatic rings. The first-order valence-corrected chi connectivity index (χ1v) is 5.80. The smallest absolute Gasteiger partial charge is 0.223 e. The Labute approximate surface area is 131 Å². The van der Waals surface area contributed by atoms with E-state index in [1.807, 2.05) is 48.2 Å². The third-order valence-corrected chi connectivity index (χ3v) is 2.65. The maximum absolute atomic E-state index is 5.83. The van der Waals surface area contributed by atoms with Crippen LogP contribution < -0.4 is 11.5 Å². The zero-order chi connectivity index (χ0) is 13.0. The molecule has 0 spiro atoms. The fourth-order valence-electron chi connectivity index (χ4n) is 1.63. The van der Waals surface area contributed by atoms with Gasteiger partial charge in [-0.3, -0.25) is 0 Å². The molecule has 0 aromatic heterocycles. The van der Waals surface area contributed by atoms with Gasteiger partial charge in [0.1, 0.15) is 0 Å². The van der Waals surface area contributed by atoms with Gasteiger partial charge in [0.2, 0.25) is 5.96 Å². The van der Waals surface area contributed by atoms with E-state index in [1.165, 1.54) is 5.56 Å². The first-order chi connectivity index (χ1) is 8.65. The van der Waals surface area contributed by atoms with Crippen molar-refractivity contribution in [3.63, 3.8) is 0 Å². The number of guanidine groups is 2. The molecular formula is C13H19Cl2N5. The Hall–Kier alpha value is -1.72. The van der Waals surface area contributed by atoms with Crippen molar-refractivity contribution in [1.82, 2.24) is 4.90 Å². The molecule has 1 aliphatic rings. The van der Waals surface area contributed by atoms with Crippen molar-refractivity contribution in [2.75, 3.05) is 13.1 Å². The molecule has 1 heterocycles. The lowest BCUT2D eigenvalue weighted by atomic mass is 10.2. The van der Waals surface area contributed by atoms with Crippen LogP contribution >= 0.6 is 24.8 Å². The number of aliphatic imine (C=N–C) groups is 2. The largest absolute Gasteiger partial charge is 0.369 e. The molecule has 4 N–H and O–H groups in total. The molecule has 0 atom stereocenters. The number of halogens is 2. The van der Waals surface area contributed by atoms with E-state index in [-0.39, 0.29) is 30.8 Å². The van der Waals surface area contributed by atoms with Crippen molar-refractivity contribution in [2.45, 2.75) is 6.92 Å². The van der Waals surface area contributed by atoms with Crippen LogP contribution in [0.25, 0.3) is 0 Å². The average Bonchev–Trinajstić information content (AvgIpc) is 2.85. The van der Waals surface area contributed by atoms with Gasteiger partial charge in [-0.2, -0.15) is 4.99 Å². The van der Waals surface area contributed by atoms with Crippen LogP contribution in [0, 0.1) is 6.92 Å². The summed E-state index contributed by atoms with van der Waals surface area (Å²) in [6, 6.07) is 7.74. The van der Waals surface area contributed by atoms with E-state index in [9.17, 15) is 0 Å². The van der Waals surface area contributed by atoms with E-state index in [0.717, 1.165) is 18.8 Å². The first-order valence-electron chi connectivity index (χ1n) is 5.80. The maximum atomic E-state index is 5.83. The van der Waals surface area contributed by atoms with E-state index in [2.05, 4.69) is 9.98 Å². The molecule has 0 unspecified atom stereocenters. The summed E-state index contributed by atoms with van der Waals surface area (Å²) >= 11 is 0. The van der Waals surface area contributed by atoms with Gasteiger partial charge in [-0.05, 0) is 19.1 Å². The normalized spacial score (nSPS) is 14.8. The number of hydrogen-bond donors (Lipinski definition) is 2. The molecule has 0 radical (unpaired) electrons. The number of rotatable bonds is 1. The minimum Gasteiger partial charge on any atom is -0.369 e. The number of nitrogens with two attached hydrogens (primary N) is 2. The third-order valence-electron chi connectivity index (χ3n) is 2.65. The van der Waals surface area contributed by atoms with Crippen molar-refractivity contribution in [2.24, 2.45) is 21.5 Å². The van der Waals surface area contributed by atoms with Crippen LogP contribution in [-0.4, -0.2) is 29.9 Å². The van der Waals surface area contributed by atoms with Crippen molar-refractivity contribution >= 4 is 42.4 Å². The van der Waals surface area contributed by atoms with Gasteiger partial charge < -0.3 is 16.4 Å². The molecule has 0 saturated carbocycles. The lowest BCUT2D eigenvalue weighted by Crippen LogP contribution is -2.36. The summed E-state index contributed by atoms with van der Waals surface area (Å²) in [6.45, 7) is 3.56. The summed E-state index contributed by atoms with van der Waals surface area (Å²) in [4.78, 5) is 10.2. The zero-order valence-electron chi connectivity index (χ0n) is 11.2. The number of nitrogens with zero attached hydrogens (tertiary/aromatic N) is 3. The zero-order valence-corrected chi connectivity index (χ0v) is 12.8. The molecule has 7 heteroatoms. The predicted octanol–water partition coefficient (Wildman–Crippen LogP) is 1.97. The van der Waals surface area contributed by atoms with E-state index in [4.69, 9.17) is 11.5 Å². The summed E-state index contributed by atoms with van der Waals surface area (Å²) < 4.78 is 0. The van der Waals surface area contributed by atoms with Crippen LogP contribution in [0.2, 0.25) is 0 Å². The van der Waals surface area contributed by atoms with E-state index >= 15 is 0 Å². The second-order valence-corrected chi connectivity index (χ2v) is 4.15. The van der Waals surface area contributed by atoms with Crippen LogP contribution in [0.3, 0.4) is 0 Å². The molecular weight excluding hydrogens is 297 g/mol. The molecule has 5 nitrogen and oxygen atoms in total. The molecule has 1 aliphatic heterocycles. The van der Waals surface area contributed by atoms with Crippen LogP contribution in [-0.2, 0) is 0 Å². The van der Waals surface area contributed by atoms with Crippen molar-refractivity contribution in [3.8, 4) is 0 Å². The van der Waals surface area contributed by atoms with Gasteiger partial charge in [-0.25, -0.2) is 4.99 Å². The van der Waals surface area contributed by atoms with Gasteiger partial charge in [0.25, 0.3) is 0 Å². The quantitative estimate of drug-likeness (QED) is 0.472. The minimum atomic E-state index is 0. The van der Waals surface area contributed by atoms with E-state index < -0.39 is 0 Å². The van der Waals surface area contributed by atoms with Crippen LogP contribution in [0.15, 0.2) is 46.4 Å². The van der Waals surface area contributed by atoms with Crippen LogP contribution in [0.1, 0.15) is 5.56 Å². The standard InChI is InChI=1S/C13H17N5.2ClH/c1-10-4-6-11(7-5-10)16-12(14)17-13(15)18-8-2-3-9-18;;/h2-7H,8-9H2,1H3,(H4,14,15,16,17);2*1H. The second kappa shape index (κ2) is 8.45. The predicted molar refractivity (Wildman–Crippen MR) is 89.3 cm³/mol. The highest BCUT2D eigenvalue weighted by atomic mass is 35.5. The van der Waals surface area contributed by atoms with Gasteiger partial charge in [0.15, 0.2) is 5.96 Å². The summed E-state index contributed by atoms with van der Waals surface area (Å²) in [7, 11) is 0. The summed E-state index contributed by atoms with van der Waals surface area (Å²) in [6.07, 6.45) is 4.07. The molecule has 0 saturated heterocycles. The highest BCUT2D eigenvalue weighted by Gasteiger charge is 2.08. The molecule has 0 fully saturated rings. The van der Waals surface area contributed by atoms with Gasteiger partial charge in [-0.1, -0.05) is 29.8 Å². The van der Waals surface area contributed by atoms with Crippen LogP contribution in [0.5, 0.6) is 0 Å². The highest BCUT2D eigenvalue weighted by molar-refractivity contribution is 5.94. The minimum absolute atomic E-state index is 0. The monoisotopic (exact) mass is 315 g/mol. The maximum Gasteiger partial charge on any atom is 0.223 e. The lowest BCUT2D eigenvalue weighted by Gasteiger charge is -2.15. The molecule has 0 bridgehead atoms. The van der Waals surface area contributed by atoms with E-state index in [1.54, 1.807) is 0 Å². The van der Waals surface area contributed by atoms with Crippen molar-refractivity contribution in [1.29, 1.82) is 0 Å². The van der Waals surface area contributed by atoms with Crippen LogP contribution in [0.4, 0.5) is 5.69 Å². The SMILES string of the molecule is Cc1ccc(N=C(N)/N=C(/N)N2CC=CC2)cc1.Cl.Cl. The summed E-state index contributed by atoms with van der Waals surface area (Å²) in [5, 5.41) is 0. The lowest BCUT2D eigenvalue weighted by molar-refractivity contribution is 0.534. The molecule has 2 rings (SSSR count). The summed E-state index contributed by atoms with van der Waals surface area (Å²) in [5.74, 6) is 0.566. The number of benzene rings is 1. The Morgan fingerprint density at radius 1 is 1.05 bits per heavy atom. The molecule has 20 heavy (non-hydrogen) atoms. The molecule has 1 aromatic carbocycles. The Morgan fingerprint density at radius 2 is 1.60 bits per heavy atom. The number of hydrogen-bond acceptors (Lipinski definition) is 1. The van der Waals surface area contributed by atoms with Crippen molar-refractivity contribution < 1.29 is 0 Å². The van der Waals surface area contributed by atoms with Gasteiger partial charge in [0.05, 0.1) is 5.69 Å². The van der Waals surface area contributed by atoms with E-state index in [0.29, 0.717) is 5.96 Å². The fraction of sp³-hybridized carbons (Fsp3) is 0.231. The third kappa shape index (κ3) is 5.11. The second-order valence-electron chi connectivity index (χ2n) is 4.15. The Bertz CT molecular complexity index is 500. The molecule has 110 valence electrons.